The van der Waals surface area contributed by atoms with Crippen molar-refractivity contribution in [2.75, 3.05) is 26.2 Å². The number of halogens is 3. The monoisotopic (exact) mass is 506 g/mol. The van der Waals surface area contributed by atoms with Crippen LogP contribution in [-0.2, 0) is 17.3 Å². The molecule has 0 N–H and O–H groups in total. The summed E-state index contributed by atoms with van der Waals surface area (Å²) in [6.45, 7) is 9.31. The summed E-state index contributed by atoms with van der Waals surface area (Å²) < 4.78 is 46.7. The molecule has 5 rings (SSSR count). The molecule has 0 bridgehead atoms. The Morgan fingerprint density at radius 1 is 0.703 bits per heavy atom. The van der Waals surface area contributed by atoms with Crippen molar-refractivity contribution >= 4 is 0 Å². The number of piperidine rings is 2. The summed E-state index contributed by atoms with van der Waals surface area (Å²) in [6, 6.07) is 23.3. The van der Waals surface area contributed by atoms with E-state index in [2.05, 4.69) is 19.1 Å². The maximum Gasteiger partial charge on any atom is 0.402 e. The van der Waals surface area contributed by atoms with Gasteiger partial charge >= 0.3 is 6.18 Å². The number of nitrogens with zero attached hydrogens (tertiary/aromatic N) is 1. The third kappa shape index (κ3) is 4.97. The molecule has 2 fully saturated rings. The molecule has 0 saturated carbocycles. The molecule has 0 amide bonds. The van der Waals surface area contributed by atoms with Gasteiger partial charge in [0.1, 0.15) is 5.41 Å². The second kappa shape index (κ2) is 9.94. The van der Waals surface area contributed by atoms with Gasteiger partial charge in [0.15, 0.2) is 0 Å². The maximum absolute atomic E-state index is 15.1. The van der Waals surface area contributed by atoms with E-state index in [1.54, 1.807) is 54.6 Å². The molecule has 4 heteroatoms. The predicted octanol–water partition coefficient (Wildman–Crippen LogP) is 8.14. The van der Waals surface area contributed by atoms with E-state index >= 15 is 13.2 Å². The Morgan fingerprint density at radius 2 is 1.27 bits per heavy atom. The Morgan fingerprint density at radius 3 is 1.84 bits per heavy atom. The molecule has 1 nitrogen and oxygen atoms in total. The molecule has 1 spiro atoms. The zero-order valence-electron chi connectivity index (χ0n) is 22.2. The minimum Gasteiger partial charge on any atom is -0.324 e. The van der Waals surface area contributed by atoms with Crippen LogP contribution in [-0.4, -0.2) is 36.8 Å². The Labute approximate surface area is 219 Å². The quantitative estimate of drug-likeness (QED) is 0.306. The van der Waals surface area contributed by atoms with Gasteiger partial charge in [-0.3, -0.25) is 0 Å². The lowest BCUT2D eigenvalue weighted by Crippen LogP contribution is -2.58. The lowest BCUT2D eigenvalue weighted by atomic mass is 9.69. The Bertz CT molecular complexity index is 1160. The van der Waals surface area contributed by atoms with Crippen LogP contribution in [0.25, 0.3) is 0 Å². The molecule has 2 saturated heterocycles. The van der Waals surface area contributed by atoms with E-state index in [1.807, 2.05) is 19.1 Å². The van der Waals surface area contributed by atoms with Gasteiger partial charge in [0.05, 0.1) is 26.2 Å². The number of quaternary nitrogens is 1. The van der Waals surface area contributed by atoms with Crippen LogP contribution in [0.2, 0.25) is 0 Å². The molecule has 2 aliphatic rings. The van der Waals surface area contributed by atoms with Crippen molar-refractivity contribution in [1.82, 2.24) is 0 Å². The van der Waals surface area contributed by atoms with Gasteiger partial charge in [-0.2, -0.15) is 13.2 Å². The van der Waals surface area contributed by atoms with Crippen LogP contribution >= 0.6 is 0 Å². The summed E-state index contributed by atoms with van der Waals surface area (Å²) in [7, 11) is 0. The van der Waals surface area contributed by atoms with Crippen LogP contribution in [0.4, 0.5) is 13.2 Å². The Hall–Kier alpha value is -2.59. The summed E-state index contributed by atoms with van der Waals surface area (Å²) >= 11 is 0. The molecule has 0 radical (unpaired) electrons. The van der Waals surface area contributed by atoms with Gasteiger partial charge in [-0.05, 0) is 54.9 Å². The zero-order chi connectivity index (χ0) is 26.2. The number of aryl methyl sites for hydroxylation is 1. The summed E-state index contributed by atoms with van der Waals surface area (Å²) in [5.41, 5.74) is 1.48. The van der Waals surface area contributed by atoms with Crippen molar-refractivity contribution < 1.29 is 17.7 Å². The van der Waals surface area contributed by atoms with E-state index in [4.69, 9.17) is 0 Å². The smallest absolute Gasteiger partial charge is 0.324 e. The van der Waals surface area contributed by atoms with E-state index in [0.717, 1.165) is 18.4 Å². The van der Waals surface area contributed by atoms with Gasteiger partial charge in [-0.1, -0.05) is 91.3 Å². The molecular weight excluding hydrogens is 467 g/mol. The molecule has 0 aliphatic carbocycles. The Kier molecular flexibility index (Phi) is 7.00. The fourth-order valence-corrected chi connectivity index (χ4v) is 6.81. The third-order valence-electron chi connectivity index (χ3n) is 9.46. The second-order valence-corrected chi connectivity index (χ2v) is 11.9. The number of hydrogen-bond acceptors (Lipinski definition) is 0. The summed E-state index contributed by atoms with van der Waals surface area (Å²) in [4.78, 5) is 0. The van der Waals surface area contributed by atoms with Crippen molar-refractivity contribution in [3.63, 3.8) is 0 Å². The number of alkyl halides is 3. The highest BCUT2D eigenvalue weighted by atomic mass is 19.4. The number of hydrogen-bond donors (Lipinski definition) is 0. The Balaban J connectivity index is 1.45. The van der Waals surface area contributed by atoms with Crippen LogP contribution in [0, 0.1) is 6.92 Å². The standard InChI is InChI=1S/C33H39F3N/c1-26-11-15-30(16-12-26)32(33(34,35)36,29-9-5-3-6-10-29)25-27-13-17-28(18-14-27)31(2)19-23-37(24-20-31)21-7-4-8-22-37/h3,5-6,9-18H,4,7-8,19-25H2,1-2H3/q+1. The predicted molar refractivity (Wildman–Crippen MR) is 145 cm³/mol. The van der Waals surface area contributed by atoms with Crippen molar-refractivity contribution in [2.45, 2.75) is 69.4 Å². The van der Waals surface area contributed by atoms with Gasteiger partial charge < -0.3 is 4.48 Å². The summed E-state index contributed by atoms with van der Waals surface area (Å²) in [5.74, 6) is 0. The first-order valence-electron chi connectivity index (χ1n) is 13.8. The second-order valence-electron chi connectivity index (χ2n) is 11.9. The number of benzene rings is 3. The fraction of sp³-hybridized carbons (Fsp3) is 0.455. The van der Waals surface area contributed by atoms with E-state index in [1.165, 1.54) is 55.5 Å². The van der Waals surface area contributed by atoms with E-state index in [9.17, 15) is 0 Å². The first kappa shape index (κ1) is 26.0. The molecule has 1 atom stereocenters. The molecule has 2 heterocycles. The summed E-state index contributed by atoms with van der Waals surface area (Å²) in [5, 5.41) is 0. The van der Waals surface area contributed by atoms with Gasteiger partial charge in [-0.25, -0.2) is 0 Å². The van der Waals surface area contributed by atoms with Crippen molar-refractivity contribution in [2.24, 2.45) is 0 Å². The van der Waals surface area contributed by atoms with Gasteiger partial charge in [0.2, 0.25) is 0 Å². The molecule has 1 unspecified atom stereocenters. The lowest BCUT2D eigenvalue weighted by molar-refractivity contribution is -0.938. The fourth-order valence-electron chi connectivity index (χ4n) is 6.81. The molecule has 3 aromatic carbocycles. The van der Waals surface area contributed by atoms with E-state index < -0.39 is 11.6 Å². The minimum absolute atomic E-state index is 0.0942. The van der Waals surface area contributed by atoms with Crippen LogP contribution in [0.3, 0.4) is 0 Å². The minimum atomic E-state index is -4.45. The van der Waals surface area contributed by atoms with E-state index in [0.29, 0.717) is 5.56 Å². The van der Waals surface area contributed by atoms with Crippen LogP contribution in [0.15, 0.2) is 78.9 Å². The zero-order valence-corrected chi connectivity index (χ0v) is 22.2. The van der Waals surface area contributed by atoms with Crippen molar-refractivity contribution in [3.8, 4) is 0 Å². The molecular formula is C33H39F3N+. The normalized spacial score (nSPS) is 20.9. The first-order valence-corrected chi connectivity index (χ1v) is 13.8. The average Bonchev–Trinajstić information content (AvgIpc) is 2.91. The van der Waals surface area contributed by atoms with Crippen molar-refractivity contribution in [3.05, 3.63) is 107 Å². The van der Waals surface area contributed by atoms with Crippen LogP contribution in [0.5, 0.6) is 0 Å². The molecule has 0 aromatic heterocycles. The molecule has 3 aromatic rings. The highest BCUT2D eigenvalue weighted by molar-refractivity contribution is 5.45. The van der Waals surface area contributed by atoms with Gasteiger partial charge in [0.25, 0.3) is 0 Å². The number of rotatable bonds is 5. The maximum atomic E-state index is 15.1. The highest BCUT2D eigenvalue weighted by Gasteiger charge is 2.56. The summed E-state index contributed by atoms with van der Waals surface area (Å²) in [6.07, 6.45) is 1.76. The molecule has 196 valence electrons. The highest BCUT2D eigenvalue weighted by Crippen LogP contribution is 2.49. The largest absolute Gasteiger partial charge is 0.402 e. The molecule has 37 heavy (non-hydrogen) atoms. The SMILES string of the molecule is Cc1ccc(C(Cc2ccc(C3(C)CC[N+]4(CCCCC4)CC3)cc2)(c2ccccc2)C(F)(F)F)cc1. The van der Waals surface area contributed by atoms with Gasteiger partial charge in [0, 0.05) is 18.3 Å². The van der Waals surface area contributed by atoms with Crippen LogP contribution in [0.1, 0.15) is 66.8 Å². The van der Waals surface area contributed by atoms with Crippen LogP contribution < -0.4 is 0 Å². The topological polar surface area (TPSA) is 0 Å². The molecule has 2 aliphatic heterocycles. The first-order chi connectivity index (χ1) is 17.7. The van der Waals surface area contributed by atoms with Gasteiger partial charge in [-0.15, -0.1) is 0 Å². The third-order valence-corrected chi connectivity index (χ3v) is 9.46. The van der Waals surface area contributed by atoms with Crippen molar-refractivity contribution in [1.29, 1.82) is 0 Å². The van der Waals surface area contributed by atoms with E-state index in [-0.39, 0.29) is 23.0 Å². The lowest BCUT2D eigenvalue weighted by Gasteiger charge is -2.49. The average molecular weight is 507 g/mol.